The third-order valence-corrected chi connectivity index (χ3v) is 6.65. The molecule has 0 bridgehead atoms. The number of carbonyl (C=O) groups is 1. The molecule has 0 aliphatic carbocycles. The third kappa shape index (κ3) is 2.30. The number of fused-ring (bicyclic) bond motifs is 4. The number of nitriles is 1. The minimum Gasteiger partial charge on any atom is -0.383 e. The molecule has 1 aliphatic rings. The molecule has 1 amide bonds. The molecule has 0 saturated heterocycles. The van der Waals surface area contributed by atoms with Crippen LogP contribution in [0, 0.1) is 18.3 Å². The molecular formula is C22H16N4OS. The summed E-state index contributed by atoms with van der Waals surface area (Å²) in [5, 5.41) is 15.5. The number of hydrogen-bond donors (Lipinski definition) is 2. The fourth-order valence-corrected chi connectivity index (χ4v) is 5.35. The fraction of sp³-hybridized carbons (Fsp3) is 0.136. The zero-order chi connectivity index (χ0) is 19.4. The van der Waals surface area contributed by atoms with Crippen LogP contribution >= 0.6 is 11.3 Å². The van der Waals surface area contributed by atoms with Gasteiger partial charge in [-0.1, -0.05) is 42.5 Å². The summed E-state index contributed by atoms with van der Waals surface area (Å²) in [6.45, 7) is 1.88. The molecule has 136 valence electrons. The number of nitrogen functional groups attached to an aromatic ring is 1. The number of pyridine rings is 1. The van der Waals surface area contributed by atoms with Gasteiger partial charge in [-0.15, -0.1) is 11.3 Å². The van der Waals surface area contributed by atoms with Crippen LogP contribution in [0.5, 0.6) is 0 Å². The summed E-state index contributed by atoms with van der Waals surface area (Å²) < 4.78 is 0.906. The van der Waals surface area contributed by atoms with Crippen molar-refractivity contribution in [3.05, 3.63) is 64.7 Å². The third-order valence-electron chi connectivity index (χ3n) is 5.42. The fourth-order valence-electron chi connectivity index (χ4n) is 4.12. The van der Waals surface area contributed by atoms with Crippen molar-refractivity contribution in [3.8, 4) is 6.07 Å². The Morgan fingerprint density at radius 1 is 1.25 bits per heavy atom. The second-order valence-corrected chi connectivity index (χ2v) is 8.03. The molecule has 2 aromatic carbocycles. The predicted octanol–water partition coefficient (Wildman–Crippen LogP) is 4.69. The van der Waals surface area contributed by atoms with E-state index in [9.17, 15) is 10.1 Å². The van der Waals surface area contributed by atoms with E-state index in [-0.39, 0.29) is 17.6 Å². The summed E-state index contributed by atoms with van der Waals surface area (Å²) in [5.74, 6) is 0.118. The maximum atomic E-state index is 12.5. The second-order valence-electron chi connectivity index (χ2n) is 7.00. The topological polar surface area (TPSA) is 91.8 Å². The van der Waals surface area contributed by atoms with E-state index in [0.29, 0.717) is 12.0 Å². The summed E-state index contributed by atoms with van der Waals surface area (Å²) in [6, 6.07) is 16.5. The number of nitrogens with zero attached hydrogens (tertiary/aromatic N) is 2. The van der Waals surface area contributed by atoms with Crippen molar-refractivity contribution in [2.75, 3.05) is 11.1 Å². The highest BCUT2D eigenvalue weighted by Gasteiger charge is 2.33. The van der Waals surface area contributed by atoms with E-state index in [1.54, 1.807) is 0 Å². The standard InChI is InChI=1S/C22H16N4OS/c1-11-16(10-23)21(24)26-19-18-15(9-17(27)25-22(18)28-20(11)19)14-8-4-6-12-5-2-3-7-13(12)14/h2-8,15H,9H2,1H3,(H2,24,26)(H,25,27). The van der Waals surface area contributed by atoms with Crippen molar-refractivity contribution in [2.24, 2.45) is 0 Å². The van der Waals surface area contributed by atoms with E-state index < -0.39 is 0 Å². The van der Waals surface area contributed by atoms with Crippen LogP contribution in [-0.2, 0) is 4.79 Å². The number of amides is 1. The molecule has 0 spiro atoms. The van der Waals surface area contributed by atoms with Crippen molar-refractivity contribution in [1.29, 1.82) is 5.26 Å². The first-order chi connectivity index (χ1) is 13.6. The SMILES string of the molecule is Cc1c(C#N)c(N)nc2c3c(sc12)NC(=O)CC3c1cccc2ccccc12. The quantitative estimate of drug-likeness (QED) is 0.498. The zero-order valence-electron chi connectivity index (χ0n) is 15.1. The largest absolute Gasteiger partial charge is 0.383 e. The van der Waals surface area contributed by atoms with Gasteiger partial charge in [0.15, 0.2) is 0 Å². The van der Waals surface area contributed by atoms with Gasteiger partial charge in [0.05, 0.1) is 15.8 Å². The van der Waals surface area contributed by atoms with E-state index in [2.05, 4.69) is 40.6 Å². The van der Waals surface area contributed by atoms with Crippen molar-refractivity contribution >= 4 is 49.1 Å². The van der Waals surface area contributed by atoms with Gasteiger partial charge in [0, 0.05) is 17.9 Å². The van der Waals surface area contributed by atoms with Crippen LogP contribution in [0.2, 0.25) is 0 Å². The Morgan fingerprint density at radius 3 is 2.86 bits per heavy atom. The van der Waals surface area contributed by atoms with Crippen LogP contribution in [0.4, 0.5) is 10.8 Å². The highest BCUT2D eigenvalue weighted by molar-refractivity contribution is 7.23. The van der Waals surface area contributed by atoms with Gasteiger partial charge in [-0.25, -0.2) is 4.98 Å². The van der Waals surface area contributed by atoms with Crippen LogP contribution in [0.3, 0.4) is 0 Å². The van der Waals surface area contributed by atoms with Crippen LogP contribution < -0.4 is 11.1 Å². The van der Waals surface area contributed by atoms with Gasteiger partial charge in [-0.3, -0.25) is 4.79 Å². The molecule has 5 rings (SSSR count). The molecule has 1 unspecified atom stereocenters. The second kappa shape index (κ2) is 6.04. The Hall–Kier alpha value is -3.43. The van der Waals surface area contributed by atoms with Gasteiger partial charge < -0.3 is 11.1 Å². The number of nitrogens with two attached hydrogens (primary N) is 1. The highest BCUT2D eigenvalue weighted by Crippen LogP contribution is 2.48. The molecule has 28 heavy (non-hydrogen) atoms. The van der Waals surface area contributed by atoms with Crippen LogP contribution in [0.15, 0.2) is 42.5 Å². The summed E-state index contributed by atoms with van der Waals surface area (Å²) in [4.78, 5) is 17.1. The minimum absolute atomic E-state index is 0.0110. The average Bonchev–Trinajstić information content (AvgIpc) is 3.05. The number of nitrogens with one attached hydrogen (secondary N) is 1. The van der Waals surface area contributed by atoms with Gasteiger partial charge in [0.1, 0.15) is 16.9 Å². The maximum absolute atomic E-state index is 12.5. The number of carbonyl (C=O) groups excluding carboxylic acids is 1. The van der Waals surface area contributed by atoms with E-state index in [4.69, 9.17) is 5.73 Å². The lowest BCUT2D eigenvalue weighted by molar-refractivity contribution is -0.116. The molecule has 3 N–H and O–H groups in total. The number of aryl methyl sites for hydroxylation is 1. The molecule has 1 aliphatic heterocycles. The van der Waals surface area contributed by atoms with Gasteiger partial charge in [-0.05, 0) is 28.8 Å². The first kappa shape index (κ1) is 16.7. The Kier molecular flexibility index (Phi) is 3.61. The lowest BCUT2D eigenvalue weighted by atomic mass is 9.84. The molecule has 3 heterocycles. The number of benzene rings is 2. The molecule has 0 radical (unpaired) electrons. The van der Waals surface area contributed by atoms with E-state index in [1.807, 2.05) is 25.1 Å². The summed E-state index contributed by atoms with van der Waals surface area (Å²) in [7, 11) is 0. The Labute approximate surface area is 165 Å². The summed E-state index contributed by atoms with van der Waals surface area (Å²) in [5.41, 5.74) is 10.2. The average molecular weight is 384 g/mol. The van der Waals surface area contributed by atoms with Gasteiger partial charge in [-0.2, -0.15) is 5.26 Å². The van der Waals surface area contributed by atoms with Crippen LogP contribution in [0.25, 0.3) is 21.0 Å². The number of anilines is 2. The Bertz CT molecular complexity index is 1330. The molecule has 1 atom stereocenters. The van der Waals surface area contributed by atoms with Crippen molar-refractivity contribution < 1.29 is 4.79 Å². The number of aromatic nitrogens is 1. The molecule has 0 saturated carbocycles. The smallest absolute Gasteiger partial charge is 0.225 e. The van der Waals surface area contributed by atoms with Crippen molar-refractivity contribution in [1.82, 2.24) is 4.98 Å². The van der Waals surface area contributed by atoms with Gasteiger partial charge >= 0.3 is 0 Å². The zero-order valence-corrected chi connectivity index (χ0v) is 15.9. The normalized spacial score (nSPS) is 16.0. The first-order valence-electron chi connectivity index (χ1n) is 8.98. The van der Waals surface area contributed by atoms with Gasteiger partial charge in [0.25, 0.3) is 0 Å². The molecular weight excluding hydrogens is 368 g/mol. The number of thiophene rings is 1. The van der Waals surface area contributed by atoms with Crippen molar-refractivity contribution in [3.63, 3.8) is 0 Å². The van der Waals surface area contributed by atoms with E-state index in [0.717, 1.165) is 42.7 Å². The molecule has 4 aromatic rings. The van der Waals surface area contributed by atoms with E-state index >= 15 is 0 Å². The van der Waals surface area contributed by atoms with E-state index in [1.165, 1.54) is 11.3 Å². The number of hydrogen-bond acceptors (Lipinski definition) is 5. The molecule has 2 aromatic heterocycles. The Balaban J connectivity index is 1.84. The number of rotatable bonds is 1. The summed E-state index contributed by atoms with van der Waals surface area (Å²) in [6.07, 6.45) is 0.355. The molecule has 5 nitrogen and oxygen atoms in total. The van der Waals surface area contributed by atoms with Crippen LogP contribution in [-0.4, -0.2) is 10.9 Å². The lowest BCUT2D eigenvalue weighted by Gasteiger charge is -2.24. The highest BCUT2D eigenvalue weighted by atomic mass is 32.1. The first-order valence-corrected chi connectivity index (χ1v) is 9.80. The minimum atomic E-state index is -0.108. The van der Waals surface area contributed by atoms with Gasteiger partial charge in [0.2, 0.25) is 5.91 Å². The monoisotopic (exact) mass is 384 g/mol. The molecule has 0 fully saturated rings. The molecule has 6 heteroatoms. The maximum Gasteiger partial charge on any atom is 0.225 e. The Morgan fingerprint density at radius 2 is 2.04 bits per heavy atom. The summed E-state index contributed by atoms with van der Waals surface area (Å²) >= 11 is 1.47. The predicted molar refractivity (Wildman–Crippen MR) is 113 cm³/mol. The van der Waals surface area contributed by atoms with Crippen LogP contribution in [0.1, 0.15) is 34.6 Å². The lowest BCUT2D eigenvalue weighted by Crippen LogP contribution is -2.22. The van der Waals surface area contributed by atoms with Crippen molar-refractivity contribution in [2.45, 2.75) is 19.3 Å².